The molecule has 1 aliphatic rings. The summed E-state index contributed by atoms with van der Waals surface area (Å²) >= 11 is 0. The van der Waals surface area contributed by atoms with E-state index in [4.69, 9.17) is 14.2 Å². The first-order valence-electron chi connectivity index (χ1n) is 12.4. The van der Waals surface area contributed by atoms with Gasteiger partial charge in [0, 0.05) is 31.1 Å². The zero-order valence-corrected chi connectivity index (χ0v) is 23.6. The molecule has 10 nitrogen and oxygen atoms in total. The topological polar surface area (TPSA) is 114 Å². The van der Waals surface area contributed by atoms with Crippen molar-refractivity contribution in [2.24, 2.45) is 0 Å². The molecule has 0 saturated heterocycles. The zero-order chi connectivity index (χ0) is 28.1. The van der Waals surface area contributed by atoms with Gasteiger partial charge in [0.25, 0.3) is 0 Å². The summed E-state index contributed by atoms with van der Waals surface area (Å²) in [5.74, 6) is 1.13. The highest BCUT2D eigenvalue weighted by molar-refractivity contribution is 7.92. The molecule has 1 aliphatic heterocycles. The lowest BCUT2D eigenvalue weighted by molar-refractivity contribution is -0.141. The van der Waals surface area contributed by atoms with Crippen LogP contribution in [0.1, 0.15) is 46.1 Å². The van der Waals surface area contributed by atoms with E-state index in [0.717, 1.165) is 11.8 Å². The molecule has 1 atom stereocenters. The van der Waals surface area contributed by atoms with Crippen LogP contribution >= 0.6 is 0 Å². The molecule has 0 bridgehead atoms. The van der Waals surface area contributed by atoms with Crippen LogP contribution in [0.15, 0.2) is 42.5 Å². The maximum atomic E-state index is 13.4. The van der Waals surface area contributed by atoms with E-state index in [1.807, 2.05) is 39.0 Å². The third kappa shape index (κ3) is 7.77. The zero-order valence-electron chi connectivity index (χ0n) is 22.8. The number of benzene rings is 2. The molecule has 0 saturated carbocycles. The van der Waals surface area contributed by atoms with Crippen molar-refractivity contribution in [1.82, 2.24) is 10.2 Å². The number of rotatable bonds is 11. The van der Waals surface area contributed by atoms with Gasteiger partial charge in [0.2, 0.25) is 28.6 Å². The molecule has 2 amide bonds. The lowest BCUT2D eigenvalue weighted by Crippen LogP contribution is -2.52. The second-order valence-electron chi connectivity index (χ2n) is 10.3. The maximum absolute atomic E-state index is 13.4. The second kappa shape index (κ2) is 11.9. The quantitative estimate of drug-likeness (QED) is 0.459. The summed E-state index contributed by atoms with van der Waals surface area (Å²) in [6.07, 6.45) is 1.42. The Morgan fingerprint density at radius 1 is 1.11 bits per heavy atom. The number of methoxy groups -OCH3 is 1. The molecular weight excluding hydrogens is 510 g/mol. The highest BCUT2D eigenvalue weighted by atomic mass is 32.2. The van der Waals surface area contributed by atoms with Crippen molar-refractivity contribution in [2.45, 2.75) is 58.7 Å². The summed E-state index contributed by atoms with van der Waals surface area (Å²) < 4.78 is 42.4. The van der Waals surface area contributed by atoms with Gasteiger partial charge in [-0.25, -0.2) is 8.42 Å². The van der Waals surface area contributed by atoms with Gasteiger partial charge in [-0.2, -0.15) is 0 Å². The summed E-state index contributed by atoms with van der Waals surface area (Å²) in [5.41, 5.74) is 0.776. The largest absolute Gasteiger partial charge is 0.497 e. The average Bonchev–Trinajstić information content (AvgIpc) is 3.31. The Morgan fingerprint density at radius 2 is 1.82 bits per heavy atom. The van der Waals surface area contributed by atoms with Crippen molar-refractivity contribution < 1.29 is 32.2 Å². The Labute approximate surface area is 224 Å². The standard InChI is InChI=1S/C27H37N3O7S/c1-19(26(32)28-27(2,3)4)29(17-20-9-7-10-22(15-20)35-5)25(31)11-8-14-30(38(6,33)34)21-12-13-23-24(16-21)37-18-36-23/h7,9-10,12-13,15-16,19H,8,11,14,17-18H2,1-6H3,(H,28,32). The monoisotopic (exact) mass is 547 g/mol. The fourth-order valence-corrected chi connectivity index (χ4v) is 5.03. The molecule has 0 aromatic heterocycles. The number of hydrogen-bond acceptors (Lipinski definition) is 7. The number of nitrogens with one attached hydrogen (secondary N) is 1. The molecule has 0 radical (unpaired) electrons. The van der Waals surface area contributed by atoms with Gasteiger partial charge >= 0.3 is 0 Å². The van der Waals surface area contributed by atoms with Crippen LogP contribution in [-0.2, 0) is 26.2 Å². The first kappa shape index (κ1) is 29.1. The fraction of sp³-hybridized carbons (Fsp3) is 0.481. The molecule has 0 aliphatic carbocycles. The van der Waals surface area contributed by atoms with Crippen LogP contribution in [-0.4, -0.2) is 63.4 Å². The normalized spacial score (nSPS) is 13.5. The molecule has 2 aromatic rings. The van der Waals surface area contributed by atoms with E-state index < -0.39 is 21.6 Å². The lowest BCUT2D eigenvalue weighted by atomic mass is 10.1. The molecule has 11 heteroatoms. The molecule has 0 fully saturated rings. The summed E-state index contributed by atoms with van der Waals surface area (Å²) in [4.78, 5) is 27.9. The molecule has 38 heavy (non-hydrogen) atoms. The van der Waals surface area contributed by atoms with E-state index in [0.29, 0.717) is 22.9 Å². The minimum absolute atomic E-state index is 0.0493. The minimum atomic E-state index is -3.63. The van der Waals surface area contributed by atoms with Gasteiger partial charge in [-0.1, -0.05) is 12.1 Å². The molecular formula is C27H37N3O7S. The van der Waals surface area contributed by atoms with Crippen LogP contribution in [0.4, 0.5) is 5.69 Å². The van der Waals surface area contributed by atoms with Gasteiger partial charge in [-0.05, 0) is 63.9 Å². The van der Waals surface area contributed by atoms with Gasteiger partial charge in [0.1, 0.15) is 11.8 Å². The third-order valence-corrected chi connectivity index (χ3v) is 7.14. The number of fused-ring (bicyclic) bond motifs is 1. The van der Waals surface area contributed by atoms with Crippen molar-refractivity contribution in [3.05, 3.63) is 48.0 Å². The number of nitrogens with zero attached hydrogens (tertiary/aromatic N) is 2. The Balaban J connectivity index is 1.76. The number of sulfonamides is 1. The van der Waals surface area contributed by atoms with Crippen LogP contribution in [0.2, 0.25) is 0 Å². The van der Waals surface area contributed by atoms with Crippen LogP contribution in [0.25, 0.3) is 0 Å². The molecule has 1 N–H and O–H groups in total. The Morgan fingerprint density at radius 3 is 2.47 bits per heavy atom. The second-order valence-corrected chi connectivity index (χ2v) is 12.2. The molecule has 2 aromatic carbocycles. The highest BCUT2D eigenvalue weighted by Crippen LogP contribution is 2.36. The van der Waals surface area contributed by atoms with Crippen LogP contribution in [0.5, 0.6) is 17.2 Å². The Kier molecular flexibility index (Phi) is 9.14. The minimum Gasteiger partial charge on any atom is -0.497 e. The molecule has 1 heterocycles. The molecule has 208 valence electrons. The molecule has 0 spiro atoms. The van der Waals surface area contributed by atoms with E-state index in [1.54, 1.807) is 38.3 Å². The van der Waals surface area contributed by atoms with Gasteiger partial charge < -0.3 is 24.4 Å². The fourth-order valence-electron chi connectivity index (χ4n) is 4.07. The first-order chi connectivity index (χ1) is 17.8. The summed E-state index contributed by atoms with van der Waals surface area (Å²) in [6.45, 7) is 7.68. The number of amides is 2. The predicted molar refractivity (Wildman–Crippen MR) is 145 cm³/mol. The number of carbonyl (C=O) groups excluding carboxylic acids is 2. The van der Waals surface area contributed by atoms with Gasteiger partial charge in [-0.3, -0.25) is 13.9 Å². The van der Waals surface area contributed by atoms with Crippen LogP contribution in [0.3, 0.4) is 0 Å². The Bertz CT molecular complexity index is 1260. The predicted octanol–water partition coefficient (Wildman–Crippen LogP) is 3.30. The number of ether oxygens (including phenoxy) is 3. The van der Waals surface area contributed by atoms with Gasteiger partial charge in [0.15, 0.2) is 11.5 Å². The van der Waals surface area contributed by atoms with Crippen LogP contribution in [0, 0.1) is 0 Å². The van der Waals surface area contributed by atoms with E-state index in [-0.39, 0.29) is 44.5 Å². The van der Waals surface area contributed by atoms with E-state index in [9.17, 15) is 18.0 Å². The van der Waals surface area contributed by atoms with Crippen LogP contribution < -0.4 is 23.8 Å². The summed E-state index contributed by atoms with van der Waals surface area (Å²) in [5, 5.41) is 2.93. The molecule has 3 rings (SSSR count). The highest BCUT2D eigenvalue weighted by Gasteiger charge is 2.29. The van der Waals surface area contributed by atoms with Crippen molar-refractivity contribution in [1.29, 1.82) is 0 Å². The summed E-state index contributed by atoms with van der Waals surface area (Å²) in [7, 11) is -2.06. The SMILES string of the molecule is COc1cccc(CN(C(=O)CCCN(c2ccc3c(c2)OCO3)S(C)(=O)=O)C(C)C(=O)NC(C)(C)C)c1. The maximum Gasteiger partial charge on any atom is 0.242 e. The van der Waals surface area contributed by atoms with Crippen molar-refractivity contribution in [3.8, 4) is 17.2 Å². The third-order valence-electron chi connectivity index (χ3n) is 5.95. The molecule has 1 unspecified atom stereocenters. The first-order valence-corrected chi connectivity index (χ1v) is 14.2. The van der Waals surface area contributed by atoms with Gasteiger partial charge in [0.05, 0.1) is 19.1 Å². The van der Waals surface area contributed by atoms with E-state index in [1.165, 1.54) is 9.21 Å². The number of hydrogen-bond donors (Lipinski definition) is 1. The van der Waals surface area contributed by atoms with Crippen molar-refractivity contribution in [3.63, 3.8) is 0 Å². The van der Waals surface area contributed by atoms with E-state index >= 15 is 0 Å². The van der Waals surface area contributed by atoms with Crippen molar-refractivity contribution >= 4 is 27.5 Å². The van der Waals surface area contributed by atoms with Crippen molar-refractivity contribution in [2.75, 3.05) is 31.0 Å². The van der Waals surface area contributed by atoms with E-state index in [2.05, 4.69) is 5.32 Å². The lowest BCUT2D eigenvalue weighted by Gasteiger charge is -2.32. The number of carbonyl (C=O) groups is 2. The Hall–Kier alpha value is -3.47. The summed E-state index contributed by atoms with van der Waals surface area (Å²) in [6, 6.07) is 11.5. The average molecular weight is 548 g/mol. The smallest absolute Gasteiger partial charge is 0.242 e. The van der Waals surface area contributed by atoms with Gasteiger partial charge in [-0.15, -0.1) is 0 Å². The number of anilines is 1.